The summed E-state index contributed by atoms with van der Waals surface area (Å²) < 4.78 is 27.2. The van der Waals surface area contributed by atoms with Gasteiger partial charge < -0.3 is 18.9 Å². The Kier molecular flexibility index (Phi) is 9.62. The molecule has 8 heteroatoms. The van der Waals surface area contributed by atoms with Crippen molar-refractivity contribution in [3.8, 4) is 28.7 Å². The van der Waals surface area contributed by atoms with Crippen molar-refractivity contribution in [2.45, 2.75) is 78.6 Å². The average molecular weight is 909 g/mol. The van der Waals surface area contributed by atoms with E-state index in [1.165, 1.54) is 17.2 Å². The van der Waals surface area contributed by atoms with Crippen LogP contribution < -0.4 is 9.30 Å². The van der Waals surface area contributed by atoms with E-state index in [4.69, 9.17) is 9.72 Å². The molecule has 0 bridgehead atoms. The van der Waals surface area contributed by atoms with Gasteiger partial charge in [0.1, 0.15) is 11.6 Å². The van der Waals surface area contributed by atoms with Gasteiger partial charge in [-0.05, 0) is 86.6 Å². The fourth-order valence-corrected chi connectivity index (χ4v) is 6.89. The maximum absolute atomic E-state index is 14.7. The van der Waals surface area contributed by atoms with Gasteiger partial charge in [0, 0.05) is 44.3 Å². The van der Waals surface area contributed by atoms with Crippen LogP contribution in [0.1, 0.15) is 79.0 Å². The third-order valence-electron chi connectivity index (χ3n) is 10.0. The molecule has 282 valence electrons. The van der Waals surface area contributed by atoms with Crippen molar-refractivity contribution in [1.29, 1.82) is 0 Å². The number of pyridine rings is 2. The number of para-hydroxylation sites is 2. The summed E-state index contributed by atoms with van der Waals surface area (Å²) in [5.74, 6) is 1.26. The van der Waals surface area contributed by atoms with E-state index in [9.17, 15) is 4.39 Å². The van der Waals surface area contributed by atoms with Gasteiger partial charge in [-0.2, -0.15) is 6.07 Å². The van der Waals surface area contributed by atoms with Gasteiger partial charge in [0.05, 0.1) is 16.7 Å². The first-order valence-corrected chi connectivity index (χ1v) is 18.3. The summed E-state index contributed by atoms with van der Waals surface area (Å²) in [7, 11) is 0. The van der Waals surface area contributed by atoms with E-state index in [0.29, 0.717) is 28.5 Å². The van der Waals surface area contributed by atoms with Gasteiger partial charge >= 0.3 is 0 Å². The fraction of sp³-hybridized carbons (Fsp3) is 0.255. The second kappa shape index (κ2) is 13.9. The zero-order chi connectivity index (χ0) is 38.2. The van der Waals surface area contributed by atoms with Gasteiger partial charge in [-0.25, -0.2) is 9.37 Å². The molecule has 4 aromatic carbocycles. The Morgan fingerprint density at radius 2 is 1.36 bits per heavy atom. The van der Waals surface area contributed by atoms with Crippen LogP contribution in [0.4, 0.5) is 4.39 Å². The molecule has 0 fully saturated rings. The second-order valence-corrected chi connectivity index (χ2v) is 17.1. The molecule has 4 aromatic heterocycles. The maximum Gasteiger partial charge on any atom is 0.268 e. The van der Waals surface area contributed by atoms with Crippen molar-refractivity contribution in [2.75, 3.05) is 0 Å². The number of imidazole rings is 1. The quantitative estimate of drug-likeness (QED) is 0.128. The summed E-state index contributed by atoms with van der Waals surface area (Å²) in [4.78, 5) is 9.29. The molecule has 0 saturated carbocycles. The minimum absolute atomic E-state index is 0. The van der Waals surface area contributed by atoms with E-state index >= 15 is 0 Å². The Morgan fingerprint density at radius 3 is 2.07 bits per heavy atom. The zero-order valence-electron chi connectivity index (χ0n) is 32.7. The van der Waals surface area contributed by atoms with Crippen LogP contribution in [0, 0.1) is 24.3 Å². The van der Waals surface area contributed by atoms with Crippen molar-refractivity contribution in [1.82, 2.24) is 19.1 Å². The fourth-order valence-electron chi connectivity index (χ4n) is 6.89. The van der Waals surface area contributed by atoms with Crippen molar-refractivity contribution >= 4 is 32.8 Å². The van der Waals surface area contributed by atoms with Crippen LogP contribution in [0.2, 0.25) is 0 Å². The van der Waals surface area contributed by atoms with Crippen LogP contribution in [0.5, 0.6) is 11.5 Å². The van der Waals surface area contributed by atoms with Gasteiger partial charge in [-0.15, -0.1) is 23.6 Å². The number of fused-ring (bicyclic) bond motifs is 4. The Morgan fingerprint density at radius 1 is 0.673 bits per heavy atom. The largest absolute Gasteiger partial charge is 0.508 e. The molecule has 6 nitrogen and oxygen atoms in total. The van der Waals surface area contributed by atoms with Crippen LogP contribution >= 0.6 is 0 Å². The van der Waals surface area contributed by atoms with Gasteiger partial charge in [-0.3, -0.25) is 4.57 Å². The van der Waals surface area contributed by atoms with E-state index in [2.05, 4.69) is 127 Å². The summed E-state index contributed by atoms with van der Waals surface area (Å²) in [5, 5.41) is 1.82. The number of benzene rings is 4. The third-order valence-corrected chi connectivity index (χ3v) is 10.0. The molecule has 0 atom stereocenters. The summed E-state index contributed by atoms with van der Waals surface area (Å²) >= 11 is 0. The Balaban J connectivity index is 0.00000465. The van der Waals surface area contributed by atoms with Crippen LogP contribution in [0.25, 0.3) is 50.0 Å². The molecule has 0 aliphatic heterocycles. The molecule has 4 heterocycles. The number of nitrogens with zero attached hydrogens (tertiary/aromatic N) is 5. The standard InChI is InChI=1S/C47H44FN5O.Pt/c1-45(2,3)30-18-19-50-44(23-30)53-42-24-33(48)14-16-38(42)39-17-15-36(26-43(39)53)54-37-25-35(27-49-28-37)52-29-51(40-12-10-11-13-41(40)52)34-21-31(46(4,5)6)20-32(22-34)47(7,8)9;/h10-24,27-28H,1-9H3;/q-2;. The normalized spacial score (nSPS) is 12.4. The number of hydrogen-bond acceptors (Lipinski definition) is 3. The van der Waals surface area contributed by atoms with Crippen molar-refractivity contribution in [3.05, 3.63) is 144 Å². The van der Waals surface area contributed by atoms with Gasteiger partial charge in [-0.1, -0.05) is 110 Å². The molecule has 0 unspecified atom stereocenters. The van der Waals surface area contributed by atoms with Crippen molar-refractivity contribution < 1.29 is 34.8 Å². The Labute approximate surface area is 336 Å². The number of hydrogen-bond donors (Lipinski definition) is 0. The number of ether oxygens (including phenoxy) is 1. The van der Waals surface area contributed by atoms with E-state index in [-0.39, 0.29) is 43.1 Å². The first-order chi connectivity index (χ1) is 25.5. The topological polar surface area (TPSA) is 48.8 Å². The minimum atomic E-state index is -0.320. The number of aromatic nitrogens is 5. The molecule has 0 radical (unpaired) electrons. The molecular formula is C47H44FN5OPt-2. The summed E-state index contributed by atoms with van der Waals surface area (Å²) in [6.07, 6.45) is 8.82. The van der Waals surface area contributed by atoms with Crippen LogP contribution in [-0.2, 0) is 37.3 Å². The third kappa shape index (κ3) is 7.23. The molecule has 8 rings (SSSR count). The SMILES string of the molecule is CC(C)(C)c1cc(-[n+]2[c-]n(-c3[c-]c(Oc4[c-]c5c(cc4)c4ccc(F)cc4n5-c4cc(C(C)(C)C)ccn4)cnc3)c3ccccc32)cc(C(C)(C)C)c1.[Pt]. The van der Waals surface area contributed by atoms with Crippen LogP contribution in [0.3, 0.4) is 0 Å². The van der Waals surface area contributed by atoms with Gasteiger partial charge in [0.25, 0.3) is 6.33 Å². The summed E-state index contributed by atoms with van der Waals surface area (Å²) in [6, 6.07) is 34.8. The van der Waals surface area contributed by atoms with Crippen LogP contribution in [0.15, 0.2) is 104 Å². The summed E-state index contributed by atoms with van der Waals surface area (Å²) in [5.41, 5.74) is 8.62. The van der Waals surface area contributed by atoms with Crippen molar-refractivity contribution in [2.24, 2.45) is 0 Å². The Hall–Kier alpha value is -5.13. The minimum Gasteiger partial charge on any atom is -0.508 e. The smallest absolute Gasteiger partial charge is 0.268 e. The van der Waals surface area contributed by atoms with Crippen molar-refractivity contribution in [3.63, 3.8) is 0 Å². The van der Waals surface area contributed by atoms with Gasteiger partial charge in [0.15, 0.2) is 0 Å². The first kappa shape index (κ1) is 38.2. The molecule has 0 amide bonds. The molecule has 0 spiro atoms. The predicted octanol–water partition coefficient (Wildman–Crippen LogP) is 11.0. The monoisotopic (exact) mass is 908 g/mol. The molecule has 0 aliphatic rings. The van der Waals surface area contributed by atoms with E-state index < -0.39 is 0 Å². The molecule has 0 N–H and O–H groups in total. The first-order valence-electron chi connectivity index (χ1n) is 18.3. The molecule has 0 saturated heterocycles. The predicted molar refractivity (Wildman–Crippen MR) is 214 cm³/mol. The Bertz CT molecular complexity index is 2690. The average Bonchev–Trinajstić information content (AvgIpc) is 3.66. The number of rotatable bonds is 5. The number of halogens is 1. The second-order valence-electron chi connectivity index (χ2n) is 17.1. The van der Waals surface area contributed by atoms with E-state index in [1.54, 1.807) is 30.7 Å². The molecule has 55 heavy (non-hydrogen) atoms. The molecule has 0 aliphatic carbocycles. The van der Waals surface area contributed by atoms with Crippen LogP contribution in [-0.4, -0.2) is 19.1 Å². The van der Waals surface area contributed by atoms with Gasteiger partial charge in [0.2, 0.25) is 0 Å². The van der Waals surface area contributed by atoms with E-state index in [1.807, 2.05) is 39.5 Å². The zero-order valence-corrected chi connectivity index (χ0v) is 34.9. The summed E-state index contributed by atoms with van der Waals surface area (Å²) in [6.45, 7) is 20.0. The molecule has 8 aromatic rings. The van der Waals surface area contributed by atoms with E-state index in [0.717, 1.165) is 38.6 Å². The molecular weight excluding hydrogens is 865 g/mol. The maximum atomic E-state index is 14.7.